The molecule has 1 rings (SSSR count). The van der Waals surface area contributed by atoms with Gasteiger partial charge in [0.25, 0.3) is 5.68 Å². The van der Waals surface area contributed by atoms with Crippen LogP contribution in [0.5, 0.6) is 0 Å². The summed E-state index contributed by atoms with van der Waals surface area (Å²) in [6.07, 6.45) is 1.64. The average molecular weight is 179 g/mol. The fourth-order valence-corrected chi connectivity index (χ4v) is 0.387. The average Bonchev–Trinajstić information content (AvgIpc) is 1.87. The van der Waals surface area contributed by atoms with Gasteiger partial charge in [-0.25, -0.2) is 0 Å². The molecule has 0 atom stereocenters. The predicted octanol–water partition coefficient (Wildman–Crippen LogP) is 0.973. The fourth-order valence-electron chi connectivity index (χ4n) is 0.387. The van der Waals surface area contributed by atoms with Gasteiger partial charge in [-0.3, -0.25) is 5.41 Å². The second kappa shape index (κ2) is 2.71. The Balaban J connectivity index is 0.000000490. The molecule has 0 bridgehead atoms. The zero-order valence-corrected chi connectivity index (χ0v) is 6.11. The van der Waals surface area contributed by atoms with Crippen molar-refractivity contribution in [2.45, 2.75) is 6.92 Å². The number of hydrogen-bond acceptors (Lipinski definition) is 2. The molecule has 2 N–H and O–H groups in total. The van der Waals surface area contributed by atoms with Gasteiger partial charge in [0, 0.05) is 6.20 Å². The lowest BCUT2D eigenvalue weighted by Gasteiger charge is -1.67. The predicted molar refractivity (Wildman–Crippen MR) is 34.0 cm³/mol. The van der Waals surface area contributed by atoms with E-state index in [1.165, 1.54) is 0 Å². The van der Waals surface area contributed by atoms with Crippen molar-refractivity contribution in [3.63, 3.8) is 0 Å². The number of H-pyrrole nitrogens is 1. The topological polar surface area (TPSA) is 52.8 Å². The number of halogens is 1. The van der Waals surface area contributed by atoms with Gasteiger partial charge in [0.05, 0.1) is 0 Å². The highest BCUT2D eigenvalue weighted by molar-refractivity contribution is 8.93. The molecule has 0 saturated carbocycles. The summed E-state index contributed by atoms with van der Waals surface area (Å²) in [5.41, 5.74) is 0.109. The normalized spacial score (nSPS) is 8.12. The Labute approximate surface area is 57.0 Å². The Morgan fingerprint density at radius 3 is 2.50 bits per heavy atom. The number of hydrogen-bond donors (Lipinski definition) is 2. The van der Waals surface area contributed by atoms with Crippen LogP contribution in [-0.4, -0.2) is 4.98 Å². The Morgan fingerprint density at radius 1 is 1.75 bits per heavy atom. The summed E-state index contributed by atoms with van der Waals surface area (Å²) in [5.74, 6) is 0.741. The molecule has 0 fully saturated rings. The minimum absolute atomic E-state index is 0. The SMILES string of the molecule is Br.Cc1c[nH]c(=N)o1. The first-order valence-corrected chi connectivity index (χ1v) is 1.99. The van der Waals surface area contributed by atoms with Crippen LogP contribution in [0.15, 0.2) is 10.6 Å². The third-order valence-electron chi connectivity index (χ3n) is 0.670. The molecule has 0 aromatic carbocycles. The number of nitrogens with one attached hydrogen (secondary N) is 2. The van der Waals surface area contributed by atoms with E-state index in [-0.39, 0.29) is 22.7 Å². The van der Waals surface area contributed by atoms with Crippen LogP contribution in [0.1, 0.15) is 5.76 Å². The van der Waals surface area contributed by atoms with Crippen LogP contribution in [0.4, 0.5) is 0 Å². The Hall–Kier alpha value is -0.510. The van der Waals surface area contributed by atoms with Crippen LogP contribution in [0.2, 0.25) is 0 Å². The van der Waals surface area contributed by atoms with Crippen molar-refractivity contribution in [3.8, 4) is 0 Å². The molecule has 1 heterocycles. The molecular formula is C4H7BrN2O. The van der Waals surface area contributed by atoms with E-state index in [9.17, 15) is 0 Å². The fraction of sp³-hybridized carbons (Fsp3) is 0.250. The van der Waals surface area contributed by atoms with Crippen molar-refractivity contribution in [2.24, 2.45) is 0 Å². The number of aromatic nitrogens is 1. The minimum atomic E-state index is 0. The third kappa shape index (κ3) is 1.54. The molecule has 0 unspecified atom stereocenters. The highest BCUT2D eigenvalue weighted by Gasteiger charge is 1.81. The molecule has 46 valence electrons. The van der Waals surface area contributed by atoms with Gasteiger partial charge in [0.15, 0.2) is 0 Å². The highest BCUT2D eigenvalue weighted by Crippen LogP contribution is 1.83. The lowest BCUT2D eigenvalue weighted by atomic mass is 10.6. The number of aryl methyl sites for hydroxylation is 1. The van der Waals surface area contributed by atoms with E-state index in [2.05, 4.69) is 4.98 Å². The smallest absolute Gasteiger partial charge is 0.291 e. The molecule has 0 amide bonds. The van der Waals surface area contributed by atoms with Gasteiger partial charge < -0.3 is 9.40 Å². The Morgan fingerprint density at radius 2 is 2.38 bits per heavy atom. The van der Waals surface area contributed by atoms with E-state index in [4.69, 9.17) is 9.83 Å². The van der Waals surface area contributed by atoms with Crippen molar-refractivity contribution >= 4 is 17.0 Å². The van der Waals surface area contributed by atoms with Gasteiger partial charge in [-0.05, 0) is 6.92 Å². The molecule has 0 spiro atoms. The van der Waals surface area contributed by atoms with E-state index < -0.39 is 0 Å². The zero-order chi connectivity index (χ0) is 5.28. The van der Waals surface area contributed by atoms with Crippen molar-refractivity contribution in [2.75, 3.05) is 0 Å². The van der Waals surface area contributed by atoms with E-state index in [1.807, 2.05) is 0 Å². The van der Waals surface area contributed by atoms with Crippen LogP contribution in [0.25, 0.3) is 0 Å². The van der Waals surface area contributed by atoms with Crippen molar-refractivity contribution in [1.82, 2.24) is 4.98 Å². The molecule has 0 aliphatic heterocycles. The van der Waals surface area contributed by atoms with Gasteiger partial charge in [-0.2, -0.15) is 0 Å². The molecule has 1 aromatic heterocycles. The number of aromatic amines is 1. The summed E-state index contributed by atoms with van der Waals surface area (Å²) in [6, 6.07) is 0. The molecule has 0 aliphatic rings. The first-order valence-electron chi connectivity index (χ1n) is 1.99. The zero-order valence-electron chi connectivity index (χ0n) is 4.39. The monoisotopic (exact) mass is 178 g/mol. The van der Waals surface area contributed by atoms with Crippen molar-refractivity contribution < 1.29 is 4.42 Å². The summed E-state index contributed by atoms with van der Waals surface area (Å²) in [6.45, 7) is 1.79. The lowest BCUT2D eigenvalue weighted by Crippen LogP contribution is -1.92. The van der Waals surface area contributed by atoms with Crippen molar-refractivity contribution in [3.05, 3.63) is 17.6 Å². The summed E-state index contributed by atoms with van der Waals surface area (Å²) >= 11 is 0. The van der Waals surface area contributed by atoms with Crippen LogP contribution < -0.4 is 5.68 Å². The number of rotatable bonds is 0. The van der Waals surface area contributed by atoms with Gasteiger partial charge in [0.2, 0.25) is 0 Å². The maximum absolute atomic E-state index is 6.79. The van der Waals surface area contributed by atoms with Crippen molar-refractivity contribution in [1.29, 1.82) is 5.41 Å². The van der Waals surface area contributed by atoms with Crippen LogP contribution in [0.3, 0.4) is 0 Å². The summed E-state index contributed by atoms with van der Waals surface area (Å²) in [7, 11) is 0. The molecule has 0 saturated heterocycles. The van der Waals surface area contributed by atoms with Crippen LogP contribution in [0, 0.1) is 12.3 Å². The Kier molecular flexibility index (Phi) is 2.54. The number of oxazole rings is 1. The standard InChI is InChI=1S/C4H6N2O.BrH/c1-3-2-6-4(5)7-3;/h2H,1H3,(H2,5,6);1H. The Bertz CT molecular complexity index is 202. The maximum Gasteiger partial charge on any atom is 0.291 e. The van der Waals surface area contributed by atoms with E-state index in [0.29, 0.717) is 0 Å². The van der Waals surface area contributed by atoms with Gasteiger partial charge in [0.1, 0.15) is 5.76 Å². The quantitative estimate of drug-likeness (QED) is 0.612. The molecular weight excluding hydrogens is 172 g/mol. The molecule has 4 heteroatoms. The second-order valence-electron chi connectivity index (χ2n) is 1.33. The summed E-state index contributed by atoms with van der Waals surface area (Å²) < 4.78 is 4.69. The molecule has 8 heavy (non-hydrogen) atoms. The van der Waals surface area contributed by atoms with E-state index >= 15 is 0 Å². The third-order valence-corrected chi connectivity index (χ3v) is 0.670. The van der Waals surface area contributed by atoms with Gasteiger partial charge >= 0.3 is 0 Å². The highest BCUT2D eigenvalue weighted by atomic mass is 79.9. The summed E-state index contributed by atoms with van der Waals surface area (Å²) in [5, 5.41) is 6.79. The molecule has 1 aromatic rings. The first kappa shape index (κ1) is 7.49. The minimum Gasteiger partial charge on any atom is -0.429 e. The first-order chi connectivity index (χ1) is 3.29. The van der Waals surface area contributed by atoms with E-state index in [1.54, 1.807) is 13.1 Å². The van der Waals surface area contributed by atoms with E-state index in [0.717, 1.165) is 5.76 Å². The van der Waals surface area contributed by atoms with Crippen LogP contribution >= 0.6 is 17.0 Å². The van der Waals surface area contributed by atoms with Crippen LogP contribution in [-0.2, 0) is 0 Å². The van der Waals surface area contributed by atoms with Gasteiger partial charge in [-0.1, -0.05) is 0 Å². The lowest BCUT2D eigenvalue weighted by molar-refractivity contribution is 0.464. The molecule has 3 nitrogen and oxygen atoms in total. The molecule has 0 aliphatic carbocycles. The largest absolute Gasteiger partial charge is 0.429 e. The van der Waals surface area contributed by atoms with Gasteiger partial charge in [-0.15, -0.1) is 17.0 Å². The molecule has 0 radical (unpaired) electrons. The summed E-state index contributed by atoms with van der Waals surface area (Å²) in [4.78, 5) is 2.57. The maximum atomic E-state index is 6.79. The second-order valence-corrected chi connectivity index (χ2v) is 1.33.